The molecule has 2 saturated heterocycles. The van der Waals surface area contributed by atoms with Crippen molar-refractivity contribution in [1.82, 2.24) is 9.80 Å². The molecule has 0 radical (unpaired) electrons. The lowest BCUT2D eigenvalue weighted by molar-refractivity contribution is -0.136. The molecular weight excluding hydrogens is 472 g/mol. The van der Waals surface area contributed by atoms with E-state index in [0.717, 1.165) is 18.7 Å². The van der Waals surface area contributed by atoms with Gasteiger partial charge in [0.2, 0.25) is 11.8 Å². The Morgan fingerprint density at radius 3 is 2.28 bits per heavy atom. The van der Waals surface area contributed by atoms with E-state index in [0.29, 0.717) is 43.5 Å². The molecule has 0 aromatic heterocycles. The van der Waals surface area contributed by atoms with Crippen molar-refractivity contribution in [3.8, 4) is 0 Å². The van der Waals surface area contributed by atoms with Crippen LogP contribution in [0.2, 0.25) is 5.02 Å². The van der Waals surface area contributed by atoms with Crippen LogP contribution < -0.4 is 10.6 Å². The largest absolute Gasteiger partial charge is 0.368 e. The van der Waals surface area contributed by atoms with Crippen molar-refractivity contribution in [1.29, 1.82) is 0 Å². The number of rotatable bonds is 6. The van der Waals surface area contributed by atoms with Gasteiger partial charge in [0.05, 0.1) is 5.92 Å². The van der Waals surface area contributed by atoms with Crippen LogP contribution in [0, 0.1) is 18.8 Å². The number of piperazine rings is 1. The number of hydrogen-bond acceptors (Lipinski definition) is 4. The minimum Gasteiger partial charge on any atom is -0.368 e. The quantitative estimate of drug-likeness (QED) is 0.616. The van der Waals surface area contributed by atoms with E-state index in [1.165, 1.54) is 16.8 Å². The van der Waals surface area contributed by atoms with Crippen molar-refractivity contribution in [3.05, 3.63) is 64.2 Å². The zero-order valence-electron chi connectivity index (χ0n) is 21.9. The minimum absolute atomic E-state index is 0.0176. The number of nitrogens with two attached hydrogens (primary N) is 1. The van der Waals surface area contributed by atoms with Crippen molar-refractivity contribution in [3.63, 3.8) is 0 Å². The molecule has 2 heterocycles. The maximum atomic E-state index is 13.8. The maximum Gasteiger partial charge on any atom is 0.228 e. The number of carbonyl (C=O) groups is 2. The second-order valence-corrected chi connectivity index (χ2v) is 11.0. The Kier molecular flexibility index (Phi) is 8.26. The normalized spacial score (nSPS) is 21.2. The molecule has 0 aliphatic carbocycles. The van der Waals surface area contributed by atoms with Gasteiger partial charge in [-0.1, -0.05) is 62.2 Å². The van der Waals surface area contributed by atoms with Crippen molar-refractivity contribution in [2.45, 2.75) is 46.1 Å². The van der Waals surface area contributed by atoms with Crippen LogP contribution in [-0.4, -0.2) is 60.9 Å². The molecule has 0 bridgehead atoms. The topological polar surface area (TPSA) is 69.9 Å². The molecule has 2 aliphatic heterocycles. The summed E-state index contributed by atoms with van der Waals surface area (Å²) in [5.41, 5.74) is 11.2. The molecule has 3 unspecified atom stereocenters. The van der Waals surface area contributed by atoms with E-state index in [1.807, 2.05) is 41.0 Å². The lowest BCUT2D eigenvalue weighted by Gasteiger charge is -2.39. The smallest absolute Gasteiger partial charge is 0.228 e. The summed E-state index contributed by atoms with van der Waals surface area (Å²) in [6.45, 7) is 12.2. The summed E-state index contributed by atoms with van der Waals surface area (Å²) in [6, 6.07) is 14.2. The number of anilines is 1. The molecule has 36 heavy (non-hydrogen) atoms. The van der Waals surface area contributed by atoms with E-state index in [2.05, 4.69) is 43.9 Å². The van der Waals surface area contributed by atoms with Crippen LogP contribution in [-0.2, 0) is 9.59 Å². The fourth-order valence-corrected chi connectivity index (χ4v) is 5.65. The molecule has 2 N–H and O–H groups in total. The molecule has 2 aromatic carbocycles. The molecule has 7 heteroatoms. The van der Waals surface area contributed by atoms with E-state index in [9.17, 15) is 9.59 Å². The van der Waals surface area contributed by atoms with Crippen LogP contribution in [0.4, 0.5) is 5.69 Å². The Morgan fingerprint density at radius 1 is 1.00 bits per heavy atom. The number of likely N-dealkylation sites (tertiary alicyclic amines) is 1. The summed E-state index contributed by atoms with van der Waals surface area (Å²) in [6.07, 6.45) is 0.449. The van der Waals surface area contributed by atoms with E-state index in [4.69, 9.17) is 17.3 Å². The second kappa shape index (κ2) is 11.2. The highest BCUT2D eigenvalue weighted by Crippen LogP contribution is 2.36. The molecule has 194 valence electrons. The molecule has 2 amide bonds. The van der Waals surface area contributed by atoms with Crippen molar-refractivity contribution in [2.24, 2.45) is 17.6 Å². The summed E-state index contributed by atoms with van der Waals surface area (Å²) < 4.78 is 0. The zero-order chi connectivity index (χ0) is 26.0. The van der Waals surface area contributed by atoms with Gasteiger partial charge in [-0.15, -0.1) is 0 Å². The van der Waals surface area contributed by atoms with Crippen LogP contribution >= 0.6 is 11.6 Å². The average molecular weight is 511 g/mol. The Bertz CT molecular complexity index is 1080. The summed E-state index contributed by atoms with van der Waals surface area (Å²) in [4.78, 5) is 32.5. The maximum absolute atomic E-state index is 13.8. The summed E-state index contributed by atoms with van der Waals surface area (Å²) in [5.74, 6) is 0.328. The van der Waals surface area contributed by atoms with Crippen molar-refractivity contribution in [2.75, 3.05) is 44.2 Å². The number of hydrogen-bond donors (Lipinski definition) is 1. The van der Waals surface area contributed by atoms with E-state index in [1.54, 1.807) is 0 Å². The van der Waals surface area contributed by atoms with Gasteiger partial charge >= 0.3 is 0 Å². The molecule has 4 rings (SSSR count). The number of benzene rings is 2. The summed E-state index contributed by atoms with van der Waals surface area (Å²) in [5, 5.41) is 0.671. The van der Waals surface area contributed by atoms with Gasteiger partial charge in [0.1, 0.15) is 0 Å². The number of carbonyl (C=O) groups excluding carboxylic acids is 2. The first-order valence-corrected chi connectivity index (χ1v) is 13.5. The van der Waals surface area contributed by atoms with E-state index < -0.39 is 0 Å². The molecule has 3 atom stereocenters. The Morgan fingerprint density at radius 2 is 1.67 bits per heavy atom. The molecular formula is C29H39ClN4O2. The van der Waals surface area contributed by atoms with Gasteiger partial charge in [0.15, 0.2) is 0 Å². The Balaban J connectivity index is 1.49. The minimum atomic E-state index is -0.238. The molecule has 6 nitrogen and oxygen atoms in total. The standard InChI is InChI=1S/C29H39ClN4O2/c1-5-27(35)34-17-24(21-7-9-22(30)10-8-21)25(18-34)29(36)33-14-12-32(13-15-33)26-11-6-20(4)16-23(26)28(31)19(2)3/h6-11,16,19,24-25,28H,5,12-15,17-18,31H2,1-4H3. The fourth-order valence-electron chi connectivity index (χ4n) is 5.52. The Labute approximate surface area is 220 Å². The zero-order valence-corrected chi connectivity index (χ0v) is 22.7. The van der Waals surface area contributed by atoms with E-state index in [-0.39, 0.29) is 29.7 Å². The first-order valence-electron chi connectivity index (χ1n) is 13.1. The van der Waals surface area contributed by atoms with E-state index >= 15 is 0 Å². The summed E-state index contributed by atoms with van der Waals surface area (Å²) >= 11 is 6.11. The van der Waals surface area contributed by atoms with Gasteiger partial charge in [-0.2, -0.15) is 0 Å². The predicted octanol–water partition coefficient (Wildman–Crippen LogP) is 4.61. The summed E-state index contributed by atoms with van der Waals surface area (Å²) in [7, 11) is 0. The average Bonchev–Trinajstić information content (AvgIpc) is 3.33. The van der Waals surface area contributed by atoms with Crippen LogP contribution in [0.15, 0.2) is 42.5 Å². The molecule has 0 spiro atoms. The highest BCUT2D eigenvalue weighted by Gasteiger charge is 2.42. The van der Waals surface area contributed by atoms with Crippen LogP contribution in [0.5, 0.6) is 0 Å². The lowest BCUT2D eigenvalue weighted by Crippen LogP contribution is -2.51. The molecule has 2 aliphatic rings. The van der Waals surface area contributed by atoms with Crippen LogP contribution in [0.3, 0.4) is 0 Å². The highest BCUT2D eigenvalue weighted by atomic mass is 35.5. The van der Waals surface area contributed by atoms with Crippen molar-refractivity contribution < 1.29 is 9.59 Å². The second-order valence-electron chi connectivity index (χ2n) is 10.6. The number of halogens is 1. The first-order chi connectivity index (χ1) is 17.2. The third-order valence-electron chi connectivity index (χ3n) is 7.78. The molecule has 2 aromatic rings. The van der Waals surface area contributed by atoms with Gasteiger partial charge in [-0.05, 0) is 42.2 Å². The van der Waals surface area contributed by atoms with Gasteiger partial charge in [0, 0.05) is 68.4 Å². The fraction of sp³-hybridized carbons (Fsp3) is 0.517. The number of nitrogens with zero attached hydrogens (tertiary/aromatic N) is 3. The van der Waals surface area contributed by atoms with Gasteiger partial charge in [-0.25, -0.2) is 0 Å². The molecule has 2 fully saturated rings. The first kappa shape index (κ1) is 26.5. The third-order valence-corrected chi connectivity index (χ3v) is 8.03. The third kappa shape index (κ3) is 5.55. The Hall–Kier alpha value is -2.57. The highest BCUT2D eigenvalue weighted by molar-refractivity contribution is 6.30. The van der Waals surface area contributed by atoms with Gasteiger partial charge in [-0.3, -0.25) is 9.59 Å². The van der Waals surface area contributed by atoms with Crippen LogP contribution in [0.25, 0.3) is 0 Å². The monoisotopic (exact) mass is 510 g/mol. The molecule has 0 saturated carbocycles. The predicted molar refractivity (Wildman–Crippen MR) is 146 cm³/mol. The number of aryl methyl sites for hydroxylation is 1. The van der Waals surface area contributed by atoms with Gasteiger partial charge < -0.3 is 20.4 Å². The van der Waals surface area contributed by atoms with Gasteiger partial charge in [0.25, 0.3) is 0 Å². The van der Waals surface area contributed by atoms with Crippen LogP contribution in [0.1, 0.15) is 55.8 Å². The lowest BCUT2D eigenvalue weighted by atomic mass is 9.88. The number of amides is 2. The van der Waals surface area contributed by atoms with Crippen molar-refractivity contribution >= 4 is 29.1 Å². The SMILES string of the molecule is CCC(=O)N1CC(C(=O)N2CCN(c3ccc(C)cc3C(N)C(C)C)CC2)C(c2ccc(Cl)cc2)C1.